The van der Waals surface area contributed by atoms with Gasteiger partial charge in [0.15, 0.2) is 5.16 Å². The Morgan fingerprint density at radius 3 is 2.25 bits per heavy atom. The quantitative estimate of drug-likeness (QED) is 0.300. The monoisotopic (exact) mass is 474 g/mol. The molecule has 1 amide bonds. The summed E-state index contributed by atoms with van der Waals surface area (Å²) in [7, 11) is 0. The number of carbonyl (C=O) groups excluding carboxylic acids is 1. The number of nitro benzene ring substituents is 1. The van der Waals surface area contributed by atoms with Crippen molar-refractivity contribution in [3.05, 3.63) is 48.6 Å². The van der Waals surface area contributed by atoms with Crippen LogP contribution in [0.4, 0.5) is 11.4 Å². The summed E-state index contributed by atoms with van der Waals surface area (Å²) in [6.07, 6.45) is 0. The largest absolute Gasteiger partial charge is 0.323 e. The molecule has 0 saturated heterocycles. The van der Waals surface area contributed by atoms with Crippen LogP contribution in [0.15, 0.2) is 32.3 Å². The third-order valence-electron chi connectivity index (χ3n) is 2.80. The summed E-state index contributed by atoms with van der Waals surface area (Å²) < 4.78 is 0.842. The molecule has 126 valence electrons. The van der Waals surface area contributed by atoms with Gasteiger partial charge in [0.1, 0.15) is 0 Å². The number of nitrogens with zero attached hydrogens (tertiary/aromatic N) is 3. The third-order valence-corrected chi connectivity index (χ3v) is 4.89. The fourth-order valence-electron chi connectivity index (χ4n) is 1.85. The van der Waals surface area contributed by atoms with Gasteiger partial charge >= 0.3 is 0 Å². The number of non-ortho nitro benzene ring substituents is 1. The lowest BCUT2D eigenvalue weighted by Crippen LogP contribution is -2.15. The third kappa shape index (κ3) is 4.99. The molecule has 1 aromatic heterocycles. The topological polar surface area (TPSA) is 98.0 Å². The Labute approximate surface area is 159 Å². The molecule has 24 heavy (non-hydrogen) atoms. The predicted molar refractivity (Wildman–Crippen MR) is 99.4 cm³/mol. The van der Waals surface area contributed by atoms with Crippen LogP contribution in [0, 0.1) is 24.0 Å². The van der Waals surface area contributed by atoms with Crippen molar-refractivity contribution in [3.63, 3.8) is 0 Å². The van der Waals surface area contributed by atoms with Gasteiger partial charge in [0, 0.05) is 32.5 Å². The maximum absolute atomic E-state index is 12.1. The van der Waals surface area contributed by atoms with E-state index < -0.39 is 4.92 Å². The lowest BCUT2D eigenvalue weighted by atomic mass is 10.3. The van der Waals surface area contributed by atoms with Gasteiger partial charge in [-0.25, -0.2) is 9.97 Å². The van der Waals surface area contributed by atoms with Crippen molar-refractivity contribution in [1.82, 2.24) is 9.97 Å². The van der Waals surface area contributed by atoms with Gasteiger partial charge in [-0.2, -0.15) is 0 Å². The van der Waals surface area contributed by atoms with Crippen molar-refractivity contribution in [2.75, 3.05) is 11.1 Å². The Bertz CT molecular complexity index is 773. The van der Waals surface area contributed by atoms with Crippen LogP contribution in [-0.4, -0.2) is 26.6 Å². The van der Waals surface area contributed by atoms with E-state index in [4.69, 9.17) is 0 Å². The van der Waals surface area contributed by atoms with Crippen molar-refractivity contribution >= 4 is 60.9 Å². The molecule has 1 heterocycles. The molecule has 0 bridgehead atoms. The first-order valence-electron chi connectivity index (χ1n) is 6.64. The molecule has 0 radical (unpaired) electrons. The highest BCUT2D eigenvalue weighted by molar-refractivity contribution is 9.11. The van der Waals surface area contributed by atoms with Crippen LogP contribution in [0.25, 0.3) is 0 Å². The Hall–Kier alpha value is -1.52. The zero-order chi connectivity index (χ0) is 17.9. The summed E-state index contributed by atoms with van der Waals surface area (Å²) in [5.74, 6) is -0.142. The molecule has 0 unspecified atom stereocenters. The van der Waals surface area contributed by atoms with Crippen LogP contribution >= 0.6 is 43.6 Å². The lowest BCUT2D eigenvalue weighted by molar-refractivity contribution is -0.385. The van der Waals surface area contributed by atoms with Crippen molar-refractivity contribution in [2.45, 2.75) is 19.0 Å². The van der Waals surface area contributed by atoms with Crippen LogP contribution in [0.5, 0.6) is 0 Å². The van der Waals surface area contributed by atoms with Crippen LogP contribution in [0.3, 0.4) is 0 Å². The molecule has 10 heteroatoms. The minimum Gasteiger partial charge on any atom is -0.323 e. The number of nitro groups is 1. The minimum atomic E-state index is -0.506. The van der Waals surface area contributed by atoms with E-state index in [1.54, 1.807) is 0 Å². The average molecular weight is 476 g/mol. The molecule has 7 nitrogen and oxygen atoms in total. The Morgan fingerprint density at radius 2 is 1.75 bits per heavy atom. The molecule has 0 saturated carbocycles. The van der Waals surface area contributed by atoms with E-state index >= 15 is 0 Å². The molecule has 0 aliphatic rings. The molecular weight excluding hydrogens is 464 g/mol. The van der Waals surface area contributed by atoms with Crippen LogP contribution in [0.1, 0.15) is 11.4 Å². The number of nitrogens with one attached hydrogen (secondary N) is 1. The number of halogens is 2. The van der Waals surface area contributed by atoms with Crippen molar-refractivity contribution in [3.8, 4) is 0 Å². The summed E-state index contributed by atoms with van der Waals surface area (Å²) in [5.41, 5.74) is 2.04. The molecule has 0 fully saturated rings. The van der Waals surface area contributed by atoms with Gasteiger partial charge in [-0.1, -0.05) is 11.8 Å². The number of thioether (sulfide) groups is 1. The summed E-state index contributed by atoms with van der Waals surface area (Å²) in [4.78, 5) is 30.9. The number of aryl methyl sites for hydroxylation is 2. The van der Waals surface area contributed by atoms with E-state index in [2.05, 4.69) is 47.1 Å². The standard InChI is InChI=1S/C14H12Br2N4O3S/c1-7-3-8(2)18-14(17-7)24-6-12(21)19-13-10(15)4-9(20(22)23)5-11(13)16/h3-5H,6H2,1-2H3,(H,19,21). The summed E-state index contributed by atoms with van der Waals surface area (Å²) in [5, 5.41) is 14.1. The van der Waals surface area contributed by atoms with E-state index in [0.29, 0.717) is 19.8 Å². The number of aromatic nitrogens is 2. The van der Waals surface area contributed by atoms with Gasteiger partial charge in [0.05, 0.1) is 16.4 Å². The number of amides is 1. The first kappa shape index (κ1) is 18.8. The van der Waals surface area contributed by atoms with Gasteiger partial charge in [0.2, 0.25) is 5.91 Å². The maximum atomic E-state index is 12.1. The first-order chi connectivity index (χ1) is 11.3. The number of carbonyl (C=O) groups is 1. The average Bonchev–Trinajstić information content (AvgIpc) is 2.47. The normalized spacial score (nSPS) is 10.5. The first-order valence-corrected chi connectivity index (χ1v) is 9.22. The number of hydrogen-bond acceptors (Lipinski definition) is 6. The summed E-state index contributed by atoms with van der Waals surface area (Å²) >= 11 is 7.68. The molecule has 0 atom stereocenters. The van der Waals surface area contributed by atoms with Gasteiger partial charge < -0.3 is 5.32 Å². The SMILES string of the molecule is Cc1cc(C)nc(SCC(=O)Nc2c(Br)cc([N+](=O)[O-])cc2Br)n1. The number of anilines is 1. The molecule has 0 aliphatic heterocycles. The van der Waals surface area contributed by atoms with Crippen LogP contribution < -0.4 is 5.32 Å². The molecular formula is C14H12Br2N4O3S. The molecule has 1 N–H and O–H groups in total. The van der Waals surface area contributed by atoms with Crippen molar-refractivity contribution in [2.24, 2.45) is 0 Å². The second kappa shape index (κ2) is 8.04. The molecule has 0 aliphatic carbocycles. The summed E-state index contributed by atoms with van der Waals surface area (Å²) in [6, 6.07) is 4.52. The van der Waals surface area contributed by atoms with Gasteiger partial charge in [-0.3, -0.25) is 14.9 Å². The van der Waals surface area contributed by atoms with E-state index in [9.17, 15) is 14.9 Å². The smallest absolute Gasteiger partial charge is 0.271 e. The van der Waals surface area contributed by atoms with Crippen LogP contribution in [-0.2, 0) is 4.79 Å². The second-order valence-corrected chi connectivity index (χ2v) is 7.46. The van der Waals surface area contributed by atoms with Crippen molar-refractivity contribution in [1.29, 1.82) is 0 Å². The molecule has 2 rings (SSSR count). The molecule has 2 aromatic rings. The zero-order valence-corrected chi connectivity index (χ0v) is 16.7. The van der Waals surface area contributed by atoms with Crippen molar-refractivity contribution < 1.29 is 9.72 Å². The summed E-state index contributed by atoms with van der Waals surface area (Å²) in [6.45, 7) is 3.73. The highest BCUT2D eigenvalue weighted by Crippen LogP contribution is 2.35. The lowest BCUT2D eigenvalue weighted by Gasteiger charge is -2.09. The second-order valence-electron chi connectivity index (χ2n) is 4.81. The fourth-order valence-corrected chi connectivity index (χ4v) is 3.96. The van der Waals surface area contributed by atoms with E-state index in [1.807, 2.05) is 19.9 Å². The highest BCUT2D eigenvalue weighted by Gasteiger charge is 2.16. The van der Waals surface area contributed by atoms with Gasteiger partial charge in [-0.15, -0.1) is 0 Å². The Kier molecular flexibility index (Phi) is 6.30. The van der Waals surface area contributed by atoms with Gasteiger partial charge in [0.25, 0.3) is 5.69 Å². The molecule has 0 spiro atoms. The molecule has 1 aromatic carbocycles. The Balaban J connectivity index is 2.06. The zero-order valence-electron chi connectivity index (χ0n) is 12.7. The van der Waals surface area contributed by atoms with Gasteiger partial charge in [-0.05, 0) is 51.8 Å². The number of hydrogen-bond donors (Lipinski definition) is 1. The predicted octanol–water partition coefficient (Wildman–Crippen LogP) is 4.26. The van der Waals surface area contributed by atoms with E-state index in [-0.39, 0.29) is 17.3 Å². The fraction of sp³-hybridized carbons (Fsp3) is 0.214. The van der Waals surface area contributed by atoms with Crippen LogP contribution in [0.2, 0.25) is 0 Å². The Morgan fingerprint density at radius 1 is 1.21 bits per heavy atom. The minimum absolute atomic E-state index is 0.0789. The van der Waals surface area contributed by atoms with E-state index in [0.717, 1.165) is 11.4 Å². The van der Waals surface area contributed by atoms with E-state index in [1.165, 1.54) is 23.9 Å². The maximum Gasteiger partial charge on any atom is 0.271 e. The number of benzene rings is 1. The highest BCUT2D eigenvalue weighted by atomic mass is 79.9. The number of rotatable bonds is 5.